The van der Waals surface area contributed by atoms with Crippen LogP contribution in [-0.4, -0.2) is 13.0 Å². The summed E-state index contributed by atoms with van der Waals surface area (Å²) in [5.41, 5.74) is 1.91. The average molecular weight is 320 g/mol. The summed E-state index contributed by atoms with van der Waals surface area (Å²) in [6, 6.07) is 9.63. The van der Waals surface area contributed by atoms with Gasteiger partial charge in [-0.05, 0) is 42.2 Å². The maximum Gasteiger partial charge on any atom is 0.295 e. The van der Waals surface area contributed by atoms with E-state index in [9.17, 15) is 13.0 Å². The molecule has 120 valence electrons. The Morgan fingerprint density at radius 2 is 1.64 bits per heavy atom. The van der Waals surface area contributed by atoms with E-state index in [-0.39, 0.29) is 4.90 Å². The Morgan fingerprint density at radius 3 is 2.27 bits per heavy atom. The molecule has 0 amide bonds. The first-order valence-corrected chi connectivity index (χ1v) is 9.43. The molecule has 0 atom stereocenters. The van der Waals surface area contributed by atoms with Crippen LogP contribution in [0, 0.1) is 0 Å². The largest absolute Gasteiger partial charge is 0.295 e. The molecule has 22 heavy (non-hydrogen) atoms. The van der Waals surface area contributed by atoms with E-state index in [1.165, 1.54) is 5.56 Å². The normalized spacial score (nSPS) is 12.0. The summed E-state index contributed by atoms with van der Waals surface area (Å²) in [4.78, 5) is 0.0838. The van der Waals surface area contributed by atoms with Gasteiger partial charge >= 0.3 is 0 Å². The number of rotatable bonds is 7. The highest BCUT2D eigenvalue weighted by atomic mass is 32.2. The van der Waals surface area contributed by atoms with Crippen molar-refractivity contribution in [1.82, 2.24) is 0 Å². The number of hydrogen-bond acceptors (Lipinski definition) is 2. The smallest absolute Gasteiger partial charge is 0.282 e. The molecule has 0 aromatic heterocycles. The van der Waals surface area contributed by atoms with Gasteiger partial charge in [-0.2, -0.15) is 8.42 Å². The molecule has 0 aliphatic rings. The third kappa shape index (κ3) is 3.87. The van der Waals surface area contributed by atoms with Gasteiger partial charge in [0.05, 0.1) is 0 Å². The Hall–Kier alpha value is -1.39. The van der Waals surface area contributed by atoms with Gasteiger partial charge in [-0.3, -0.25) is 4.55 Å². The summed E-state index contributed by atoms with van der Waals surface area (Å²) < 4.78 is 33.3. The van der Waals surface area contributed by atoms with Gasteiger partial charge in [-0.15, -0.1) is 0 Å². The maximum atomic E-state index is 11.8. The molecule has 0 unspecified atom stereocenters. The molecule has 0 aliphatic heterocycles. The van der Waals surface area contributed by atoms with Crippen LogP contribution < -0.4 is 0 Å². The number of aryl methyl sites for hydroxylation is 2. The lowest BCUT2D eigenvalue weighted by Crippen LogP contribution is -2.05. The molecule has 2 rings (SSSR count). The Bertz CT molecular complexity index is 748. The molecule has 0 bridgehead atoms. The fourth-order valence-corrected chi connectivity index (χ4v) is 3.77. The summed E-state index contributed by atoms with van der Waals surface area (Å²) in [5.74, 6) is 0. The third-order valence-electron chi connectivity index (χ3n) is 3.99. The van der Waals surface area contributed by atoms with Crippen LogP contribution in [0.25, 0.3) is 10.8 Å². The SMILES string of the molecule is CCCCc1ccc2c(S(=O)(=O)O)c(CCCC)ccc2c1. The van der Waals surface area contributed by atoms with Crippen molar-refractivity contribution in [3.63, 3.8) is 0 Å². The quantitative estimate of drug-likeness (QED) is 0.747. The van der Waals surface area contributed by atoms with Crippen molar-refractivity contribution >= 4 is 20.9 Å². The topological polar surface area (TPSA) is 54.4 Å². The monoisotopic (exact) mass is 320 g/mol. The third-order valence-corrected chi connectivity index (χ3v) is 4.99. The van der Waals surface area contributed by atoms with Crippen LogP contribution in [0.3, 0.4) is 0 Å². The summed E-state index contributed by atoms with van der Waals surface area (Å²) in [6.45, 7) is 4.21. The summed E-state index contributed by atoms with van der Waals surface area (Å²) in [5, 5.41) is 1.50. The molecular formula is C18H24O3S. The van der Waals surface area contributed by atoms with Gasteiger partial charge < -0.3 is 0 Å². The standard InChI is InChI=1S/C18H24O3S/c1-3-5-7-14-9-12-17-16(13-14)11-10-15(8-6-4-2)18(17)22(19,20)21/h9-13H,3-8H2,1-2H3,(H,19,20,21). The van der Waals surface area contributed by atoms with Gasteiger partial charge in [0.2, 0.25) is 0 Å². The Kier molecular flexibility index (Phi) is 5.59. The molecule has 0 saturated carbocycles. The zero-order valence-corrected chi connectivity index (χ0v) is 14.1. The summed E-state index contributed by atoms with van der Waals surface area (Å²) in [6.07, 6.45) is 5.79. The van der Waals surface area contributed by atoms with E-state index in [1.807, 2.05) is 30.3 Å². The van der Waals surface area contributed by atoms with Crippen molar-refractivity contribution in [1.29, 1.82) is 0 Å². The van der Waals surface area contributed by atoms with E-state index in [4.69, 9.17) is 0 Å². The molecule has 0 spiro atoms. The van der Waals surface area contributed by atoms with Gasteiger partial charge in [0.1, 0.15) is 4.90 Å². The van der Waals surface area contributed by atoms with Gasteiger partial charge in [-0.25, -0.2) is 0 Å². The molecule has 1 N–H and O–H groups in total. The van der Waals surface area contributed by atoms with Crippen LogP contribution in [0.5, 0.6) is 0 Å². The van der Waals surface area contributed by atoms with E-state index in [1.54, 1.807) is 0 Å². The minimum atomic E-state index is -4.22. The Labute approximate surface area is 133 Å². The molecule has 3 nitrogen and oxygen atoms in total. The van der Waals surface area contributed by atoms with Crippen LogP contribution in [0.15, 0.2) is 35.2 Å². The van der Waals surface area contributed by atoms with Crippen molar-refractivity contribution in [2.45, 2.75) is 57.3 Å². The fraction of sp³-hybridized carbons (Fsp3) is 0.444. The molecule has 0 fully saturated rings. The summed E-state index contributed by atoms with van der Waals surface area (Å²) >= 11 is 0. The highest BCUT2D eigenvalue weighted by Crippen LogP contribution is 2.29. The van der Waals surface area contributed by atoms with Crippen molar-refractivity contribution < 1.29 is 13.0 Å². The first-order chi connectivity index (χ1) is 10.5. The molecule has 0 heterocycles. The average Bonchev–Trinajstić information content (AvgIpc) is 2.48. The first-order valence-electron chi connectivity index (χ1n) is 7.99. The van der Waals surface area contributed by atoms with Crippen molar-refractivity contribution in [3.8, 4) is 0 Å². The van der Waals surface area contributed by atoms with Crippen molar-refractivity contribution in [2.24, 2.45) is 0 Å². The van der Waals surface area contributed by atoms with Crippen LogP contribution in [-0.2, 0) is 23.0 Å². The Balaban J connectivity index is 2.56. The lowest BCUT2D eigenvalue weighted by Gasteiger charge is -2.12. The minimum absolute atomic E-state index is 0.0838. The van der Waals surface area contributed by atoms with Crippen LogP contribution in [0.1, 0.15) is 50.7 Å². The molecule has 0 radical (unpaired) electrons. The molecule has 4 heteroatoms. The van der Waals surface area contributed by atoms with Crippen molar-refractivity contribution in [2.75, 3.05) is 0 Å². The maximum absolute atomic E-state index is 11.8. The van der Waals surface area contributed by atoms with E-state index >= 15 is 0 Å². The lowest BCUT2D eigenvalue weighted by molar-refractivity contribution is 0.483. The second-order valence-corrected chi connectivity index (χ2v) is 7.15. The van der Waals surface area contributed by atoms with Gasteiger partial charge in [0, 0.05) is 5.39 Å². The molecular weight excluding hydrogens is 296 g/mol. The van der Waals surface area contributed by atoms with Crippen LogP contribution in [0.2, 0.25) is 0 Å². The first kappa shape index (κ1) is 17.0. The minimum Gasteiger partial charge on any atom is -0.282 e. The van der Waals surface area contributed by atoms with E-state index in [0.29, 0.717) is 17.4 Å². The second kappa shape index (κ2) is 7.25. The highest BCUT2D eigenvalue weighted by molar-refractivity contribution is 7.86. The van der Waals surface area contributed by atoms with E-state index in [0.717, 1.165) is 37.5 Å². The highest BCUT2D eigenvalue weighted by Gasteiger charge is 2.19. The van der Waals surface area contributed by atoms with Gasteiger partial charge in [-0.1, -0.05) is 57.0 Å². The Morgan fingerprint density at radius 1 is 0.955 bits per heavy atom. The zero-order valence-electron chi connectivity index (χ0n) is 13.3. The second-order valence-electron chi connectivity index (χ2n) is 5.79. The summed E-state index contributed by atoms with van der Waals surface area (Å²) in [7, 11) is -4.22. The van der Waals surface area contributed by atoms with E-state index in [2.05, 4.69) is 13.8 Å². The van der Waals surface area contributed by atoms with E-state index < -0.39 is 10.1 Å². The van der Waals surface area contributed by atoms with Crippen molar-refractivity contribution in [3.05, 3.63) is 41.5 Å². The molecule has 2 aromatic carbocycles. The van der Waals surface area contributed by atoms with Crippen LogP contribution in [0.4, 0.5) is 0 Å². The number of unbranched alkanes of at least 4 members (excludes halogenated alkanes) is 2. The number of fused-ring (bicyclic) bond motifs is 1. The molecule has 0 aliphatic carbocycles. The fourth-order valence-electron chi connectivity index (χ4n) is 2.80. The predicted molar refractivity (Wildman–Crippen MR) is 91.0 cm³/mol. The molecule has 0 saturated heterocycles. The lowest BCUT2D eigenvalue weighted by atomic mass is 9.99. The van der Waals surface area contributed by atoms with Gasteiger partial charge in [0.25, 0.3) is 10.1 Å². The van der Waals surface area contributed by atoms with Crippen LogP contribution >= 0.6 is 0 Å². The van der Waals surface area contributed by atoms with Gasteiger partial charge in [0.15, 0.2) is 0 Å². The molecule has 2 aromatic rings. The predicted octanol–water partition coefficient (Wildman–Crippen LogP) is 4.77. The zero-order chi connectivity index (χ0) is 16.2. The number of benzene rings is 2. The number of hydrogen-bond donors (Lipinski definition) is 1.